The van der Waals surface area contributed by atoms with Crippen molar-refractivity contribution >= 4 is 5.97 Å². The van der Waals surface area contributed by atoms with E-state index >= 15 is 0 Å². The third-order valence-electron chi connectivity index (χ3n) is 2.20. The molecule has 1 heterocycles. The Morgan fingerprint density at radius 1 is 1.54 bits per heavy atom. The molecule has 0 saturated carbocycles. The van der Waals surface area contributed by atoms with Gasteiger partial charge in [-0.05, 0) is 12.8 Å². The predicted octanol–water partition coefficient (Wildman–Crippen LogP) is 0.616. The molecule has 2 N–H and O–H groups in total. The Morgan fingerprint density at radius 2 is 2.31 bits per heavy atom. The minimum atomic E-state index is -0.843. The second-order valence-corrected chi connectivity index (χ2v) is 3.18. The zero-order valence-corrected chi connectivity index (χ0v) is 7.70. The second-order valence-electron chi connectivity index (χ2n) is 3.18. The monoisotopic (exact) mass is 184 g/mol. The smallest absolute Gasteiger partial charge is 0.326 e. The lowest BCUT2D eigenvalue weighted by molar-refractivity contribution is -0.142. The van der Waals surface area contributed by atoms with E-state index in [0.29, 0.717) is 0 Å². The molecule has 13 heavy (non-hydrogen) atoms. The molecule has 1 atom stereocenters. The average Bonchev–Trinajstić information content (AvgIpc) is 2.33. The molecule has 0 aromatic rings. The summed E-state index contributed by atoms with van der Waals surface area (Å²) in [6, 6.07) is -0.599. The van der Waals surface area contributed by atoms with E-state index in [4.69, 9.17) is 5.11 Å². The van der Waals surface area contributed by atoms with Crippen molar-refractivity contribution in [3.8, 4) is 0 Å². The van der Waals surface area contributed by atoms with Gasteiger partial charge in [-0.25, -0.2) is 5.01 Å². The van der Waals surface area contributed by atoms with Crippen molar-refractivity contribution in [2.75, 3.05) is 13.1 Å². The van der Waals surface area contributed by atoms with E-state index in [9.17, 15) is 4.79 Å². The van der Waals surface area contributed by atoms with E-state index in [1.165, 1.54) is 6.08 Å². The summed E-state index contributed by atoms with van der Waals surface area (Å²) < 4.78 is 0. The van der Waals surface area contributed by atoms with Crippen molar-refractivity contribution in [1.82, 2.24) is 10.4 Å². The quantitative estimate of drug-likeness (QED) is 0.631. The van der Waals surface area contributed by atoms with E-state index in [1.807, 2.05) is 0 Å². The van der Waals surface area contributed by atoms with E-state index < -0.39 is 12.0 Å². The summed E-state index contributed by atoms with van der Waals surface area (Å²) in [4.78, 5) is 10.8. The number of nitrogens with one attached hydrogen (secondary N) is 1. The minimum absolute atomic E-state index is 0.599. The Kier molecular flexibility index (Phi) is 3.92. The molecule has 1 aliphatic rings. The maximum absolute atomic E-state index is 10.8. The molecule has 1 fully saturated rings. The zero-order valence-electron chi connectivity index (χ0n) is 7.70. The van der Waals surface area contributed by atoms with Crippen LogP contribution in [-0.2, 0) is 4.79 Å². The molecule has 4 nitrogen and oxygen atoms in total. The number of carboxylic acids is 1. The highest BCUT2D eigenvalue weighted by Crippen LogP contribution is 2.06. The first-order valence-corrected chi connectivity index (χ1v) is 4.61. The zero-order chi connectivity index (χ0) is 9.68. The molecular formula is C9H16N2O2. The van der Waals surface area contributed by atoms with E-state index in [1.54, 1.807) is 5.01 Å². The molecule has 0 bridgehead atoms. The lowest BCUT2D eigenvalue weighted by Gasteiger charge is -2.25. The van der Waals surface area contributed by atoms with Gasteiger partial charge in [-0.3, -0.25) is 10.2 Å². The van der Waals surface area contributed by atoms with Crippen LogP contribution in [0.2, 0.25) is 0 Å². The number of nitrogens with zero attached hydrogens (tertiary/aromatic N) is 1. The molecule has 1 aliphatic heterocycles. The number of carbonyl (C=O) groups is 1. The summed E-state index contributed by atoms with van der Waals surface area (Å²) in [5, 5.41) is 10.6. The van der Waals surface area contributed by atoms with Crippen molar-refractivity contribution in [3.05, 3.63) is 12.7 Å². The lowest BCUT2D eigenvalue weighted by atomic mass is 10.2. The van der Waals surface area contributed by atoms with Crippen LogP contribution in [0, 0.1) is 0 Å². The van der Waals surface area contributed by atoms with E-state index in [0.717, 1.165) is 32.4 Å². The molecule has 0 amide bonds. The summed E-state index contributed by atoms with van der Waals surface area (Å²) >= 11 is 0. The van der Waals surface area contributed by atoms with Gasteiger partial charge in [-0.1, -0.05) is 12.5 Å². The predicted molar refractivity (Wildman–Crippen MR) is 50.2 cm³/mol. The molecule has 4 heteroatoms. The Bertz CT molecular complexity index is 186. The van der Waals surface area contributed by atoms with Crippen molar-refractivity contribution in [1.29, 1.82) is 0 Å². The molecule has 0 aromatic heterocycles. The van der Waals surface area contributed by atoms with Gasteiger partial charge in [0.2, 0.25) is 0 Å². The summed E-state index contributed by atoms with van der Waals surface area (Å²) in [6.45, 7) is 5.17. The largest absolute Gasteiger partial charge is 0.480 e. The van der Waals surface area contributed by atoms with Gasteiger partial charge in [0.05, 0.1) is 0 Å². The number of hydrazine groups is 1. The van der Waals surface area contributed by atoms with Crippen LogP contribution in [0.25, 0.3) is 0 Å². The van der Waals surface area contributed by atoms with Crippen LogP contribution < -0.4 is 5.43 Å². The molecule has 0 aromatic carbocycles. The SMILES string of the molecule is C=CC(C(=O)O)N1CCCCCN1. The molecule has 1 unspecified atom stereocenters. The Balaban J connectivity index is 2.55. The topological polar surface area (TPSA) is 52.6 Å². The molecular weight excluding hydrogens is 168 g/mol. The van der Waals surface area contributed by atoms with Crippen LogP contribution in [0.4, 0.5) is 0 Å². The van der Waals surface area contributed by atoms with Crippen LogP contribution in [-0.4, -0.2) is 35.2 Å². The number of carboxylic acid groups (broad SMARTS) is 1. The fourth-order valence-corrected chi connectivity index (χ4v) is 1.48. The van der Waals surface area contributed by atoms with Gasteiger partial charge in [0.15, 0.2) is 0 Å². The first kappa shape index (κ1) is 10.2. The summed E-state index contributed by atoms with van der Waals surface area (Å²) in [5.74, 6) is -0.843. The highest BCUT2D eigenvalue weighted by atomic mass is 16.4. The summed E-state index contributed by atoms with van der Waals surface area (Å²) in [6.07, 6.45) is 4.78. The van der Waals surface area contributed by atoms with E-state index in [-0.39, 0.29) is 0 Å². The fraction of sp³-hybridized carbons (Fsp3) is 0.667. The first-order valence-electron chi connectivity index (χ1n) is 4.61. The number of hydrogen-bond acceptors (Lipinski definition) is 3. The van der Waals surface area contributed by atoms with Crippen LogP contribution in [0.15, 0.2) is 12.7 Å². The van der Waals surface area contributed by atoms with Gasteiger partial charge in [0.1, 0.15) is 6.04 Å². The van der Waals surface area contributed by atoms with Gasteiger partial charge in [-0.15, -0.1) is 6.58 Å². The maximum atomic E-state index is 10.8. The van der Waals surface area contributed by atoms with Gasteiger partial charge in [0, 0.05) is 13.1 Å². The van der Waals surface area contributed by atoms with Crippen LogP contribution in [0.1, 0.15) is 19.3 Å². The highest BCUT2D eigenvalue weighted by molar-refractivity contribution is 5.75. The minimum Gasteiger partial charge on any atom is -0.480 e. The lowest BCUT2D eigenvalue weighted by Crippen LogP contribution is -2.48. The van der Waals surface area contributed by atoms with Gasteiger partial charge in [0.25, 0.3) is 0 Å². The van der Waals surface area contributed by atoms with Crippen molar-refractivity contribution in [2.24, 2.45) is 0 Å². The highest BCUT2D eigenvalue weighted by Gasteiger charge is 2.22. The van der Waals surface area contributed by atoms with E-state index in [2.05, 4.69) is 12.0 Å². The van der Waals surface area contributed by atoms with Gasteiger partial charge >= 0.3 is 5.97 Å². The molecule has 0 radical (unpaired) electrons. The third kappa shape index (κ3) is 2.82. The Morgan fingerprint density at radius 3 is 2.92 bits per heavy atom. The van der Waals surface area contributed by atoms with Crippen LogP contribution >= 0.6 is 0 Å². The number of rotatable bonds is 3. The summed E-state index contributed by atoms with van der Waals surface area (Å²) in [5.41, 5.74) is 3.10. The second kappa shape index (κ2) is 4.99. The fourth-order valence-electron chi connectivity index (χ4n) is 1.48. The maximum Gasteiger partial charge on any atom is 0.326 e. The average molecular weight is 184 g/mol. The number of hydrogen-bond donors (Lipinski definition) is 2. The Hall–Kier alpha value is -0.870. The van der Waals surface area contributed by atoms with Crippen molar-refractivity contribution < 1.29 is 9.90 Å². The van der Waals surface area contributed by atoms with Crippen LogP contribution in [0.3, 0.4) is 0 Å². The number of aliphatic carboxylic acids is 1. The van der Waals surface area contributed by atoms with Crippen molar-refractivity contribution in [3.63, 3.8) is 0 Å². The van der Waals surface area contributed by atoms with Gasteiger partial charge < -0.3 is 5.11 Å². The summed E-state index contributed by atoms with van der Waals surface area (Å²) in [7, 11) is 0. The van der Waals surface area contributed by atoms with Gasteiger partial charge in [-0.2, -0.15) is 0 Å². The normalized spacial score (nSPS) is 21.8. The molecule has 1 saturated heterocycles. The molecule has 74 valence electrons. The third-order valence-corrected chi connectivity index (χ3v) is 2.20. The van der Waals surface area contributed by atoms with Crippen LogP contribution in [0.5, 0.6) is 0 Å². The molecule has 1 rings (SSSR count). The van der Waals surface area contributed by atoms with Crippen molar-refractivity contribution in [2.45, 2.75) is 25.3 Å². The first-order chi connectivity index (χ1) is 6.25. The molecule has 0 spiro atoms. The Labute approximate surface area is 78.2 Å². The standard InChI is InChI=1S/C9H16N2O2/c1-2-8(9(12)13)11-7-5-3-4-6-10-11/h2,8,10H,1,3-7H2,(H,12,13). The molecule has 0 aliphatic carbocycles.